The van der Waals surface area contributed by atoms with Crippen LogP contribution in [0.25, 0.3) is 0 Å². The van der Waals surface area contributed by atoms with Gasteiger partial charge >= 0.3 is 0 Å². The fourth-order valence-corrected chi connectivity index (χ4v) is 2.02. The fourth-order valence-electron chi connectivity index (χ4n) is 1.10. The van der Waals surface area contributed by atoms with Gasteiger partial charge in [-0.1, -0.05) is 0 Å². The summed E-state index contributed by atoms with van der Waals surface area (Å²) in [6.07, 6.45) is -3.67. The van der Waals surface area contributed by atoms with Crippen molar-refractivity contribution in [2.24, 2.45) is 0 Å². The summed E-state index contributed by atoms with van der Waals surface area (Å²) in [7, 11) is 0. The second-order valence-corrected chi connectivity index (χ2v) is 4.10. The molecule has 4 unspecified atom stereocenters. The fraction of sp³-hybridized carbons (Fsp3) is 1.00. The van der Waals surface area contributed by atoms with Gasteiger partial charge in [-0.3, -0.25) is 0 Å². The van der Waals surface area contributed by atoms with Crippen LogP contribution in [0.4, 0.5) is 0 Å². The molecule has 78 valence electrons. The molecule has 6 heteroatoms. The molecule has 4 N–H and O–H groups in total. The molecule has 1 saturated heterocycles. The second-order valence-electron chi connectivity index (χ2n) is 2.92. The molecule has 1 heterocycles. The lowest BCUT2D eigenvalue weighted by Gasteiger charge is -2.24. The van der Waals surface area contributed by atoms with E-state index < -0.39 is 24.9 Å². The van der Waals surface area contributed by atoms with E-state index in [2.05, 4.69) is 0 Å². The second kappa shape index (κ2) is 5.14. The van der Waals surface area contributed by atoms with E-state index >= 15 is 0 Å². The summed E-state index contributed by atoms with van der Waals surface area (Å²) in [4.78, 5) is 0. The summed E-state index contributed by atoms with van der Waals surface area (Å²) in [6, 6.07) is 0. The van der Waals surface area contributed by atoms with Crippen molar-refractivity contribution in [2.45, 2.75) is 23.6 Å². The average Bonchev–Trinajstić information content (AvgIpc) is 2.67. The minimum atomic E-state index is -1.32. The highest BCUT2D eigenvalue weighted by Gasteiger charge is 2.33. The van der Waals surface area contributed by atoms with Gasteiger partial charge in [0, 0.05) is 0 Å². The maximum atomic E-state index is 9.50. The Morgan fingerprint density at radius 2 is 2.08 bits per heavy atom. The summed E-state index contributed by atoms with van der Waals surface area (Å²) in [5, 5.41) is 36.2. The molecule has 0 saturated carbocycles. The van der Waals surface area contributed by atoms with Crippen molar-refractivity contribution in [1.29, 1.82) is 0 Å². The number of hydrogen-bond donors (Lipinski definition) is 4. The zero-order valence-electron chi connectivity index (χ0n) is 7.04. The van der Waals surface area contributed by atoms with Crippen LogP contribution >= 0.6 is 11.8 Å². The van der Waals surface area contributed by atoms with Gasteiger partial charge in [-0.15, -0.1) is 11.8 Å². The topological polar surface area (TPSA) is 90.2 Å². The molecular weight excluding hydrogens is 196 g/mol. The van der Waals surface area contributed by atoms with Crippen LogP contribution in [0.3, 0.4) is 0 Å². The third-order valence-corrected chi connectivity index (χ3v) is 3.11. The molecule has 0 aromatic carbocycles. The normalized spacial score (nSPS) is 30.0. The standard InChI is InChI=1S/C7H14O5S/c8-1-4(9)6(10)7(11)5-2-12-3-13-5/h4-11H,1-3H2. The molecule has 0 aromatic heterocycles. The van der Waals surface area contributed by atoms with Gasteiger partial charge in [0.25, 0.3) is 0 Å². The van der Waals surface area contributed by atoms with E-state index in [-0.39, 0.29) is 5.25 Å². The van der Waals surface area contributed by atoms with Crippen molar-refractivity contribution < 1.29 is 25.2 Å². The summed E-state index contributed by atoms with van der Waals surface area (Å²) < 4.78 is 4.99. The van der Waals surface area contributed by atoms with Crippen molar-refractivity contribution in [2.75, 3.05) is 19.2 Å². The zero-order valence-corrected chi connectivity index (χ0v) is 7.85. The van der Waals surface area contributed by atoms with Crippen molar-refractivity contribution in [3.63, 3.8) is 0 Å². The van der Waals surface area contributed by atoms with Gasteiger partial charge in [-0.2, -0.15) is 0 Å². The van der Waals surface area contributed by atoms with Gasteiger partial charge < -0.3 is 25.2 Å². The van der Waals surface area contributed by atoms with Crippen LogP contribution in [0.15, 0.2) is 0 Å². The number of thioether (sulfide) groups is 1. The molecule has 5 nitrogen and oxygen atoms in total. The Morgan fingerprint density at radius 3 is 2.54 bits per heavy atom. The van der Waals surface area contributed by atoms with Crippen LogP contribution in [0.1, 0.15) is 0 Å². The first-order valence-corrected chi connectivity index (χ1v) is 5.06. The lowest BCUT2D eigenvalue weighted by Crippen LogP contribution is -2.45. The third kappa shape index (κ3) is 2.80. The Kier molecular flexibility index (Phi) is 4.43. The average molecular weight is 210 g/mol. The molecule has 1 aliphatic heterocycles. The van der Waals surface area contributed by atoms with Crippen LogP contribution in [-0.4, -0.2) is 63.1 Å². The summed E-state index contributed by atoms with van der Waals surface area (Å²) in [5.74, 6) is 0.490. The van der Waals surface area contributed by atoms with E-state index in [0.29, 0.717) is 12.5 Å². The van der Waals surface area contributed by atoms with Crippen molar-refractivity contribution in [1.82, 2.24) is 0 Å². The molecular formula is C7H14O5S. The summed E-state index contributed by atoms with van der Waals surface area (Å²) in [5.41, 5.74) is 0. The van der Waals surface area contributed by atoms with Crippen LogP contribution in [0, 0.1) is 0 Å². The first-order chi connectivity index (χ1) is 6.16. The van der Waals surface area contributed by atoms with Crippen molar-refractivity contribution in [3.05, 3.63) is 0 Å². The number of rotatable bonds is 4. The molecule has 0 radical (unpaired) electrons. The van der Waals surface area contributed by atoms with E-state index in [0.717, 1.165) is 0 Å². The monoisotopic (exact) mass is 210 g/mol. The number of aliphatic hydroxyl groups excluding tert-OH is 4. The Labute approximate surface area is 80.3 Å². The molecule has 0 aliphatic carbocycles. The third-order valence-electron chi connectivity index (χ3n) is 1.96. The molecule has 0 aromatic rings. The molecule has 0 bridgehead atoms. The van der Waals surface area contributed by atoms with E-state index in [1.165, 1.54) is 11.8 Å². The number of hydrogen-bond acceptors (Lipinski definition) is 6. The van der Waals surface area contributed by atoms with Crippen LogP contribution < -0.4 is 0 Å². The first kappa shape index (κ1) is 11.2. The number of ether oxygens (including phenoxy) is 1. The van der Waals surface area contributed by atoms with Crippen molar-refractivity contribution >= 4 is 11.8 Å². The van der Waals surface area contributed by atoms with Gasteiger partial charge in [0.1, 0.15) is 12.2 Å². The van der Waals surface area contributed by atoms with Gasteiger partial charge in [-0.25, -0.2) is 0 Å². The van der Waals surface area contributed by atoms with Crippen molar-refractivity contribution in [3.8, 4) is 0 Å². The van der Waals surface area contributed by atoms with E-state index in [1.54, 1.807) is 0 Å². The molecule has 4 atom stereocenters. The SMILES string of the molecule is OCC(O)C(O)C(O)C1COCS1. The van der Waals surface area contributed by atoms with E-state index in [9.17, 15) is 10.2 Å². The minimum Gasteiger partial charge on any atom is -0.394 e. The predicted molar refractivity (Wildman–Crippen MR) is 47.3 cm³/mol. The highest BCUT2D eigenvalue weighted by atomic mass is 32.2. The molecule has 13 heavy (non-hydrogen) atoms. The van der Waals surface area contributed by atoms with Gasteiger partial charge in [0.15, 0.2) is 0 Å². The zero-order chi connectivity index (χ0) is 9.84. The van der Waals surface area contributed by atoms with E-state index in [4.69, 9.17) is 14.9 Å². The Hall–Kier alpha value is 0.150. The van der Waals surface area contributed by atoms with Crippen LogP contribution in [0.2, 0.25) is 0 Å². The van der Waals surface area contributed by atoms with Gasteiger partial charge in [0.05, 0.1) is 30.5 Å². The maximum Gasteiger partial charge on any atom is 0.109 e. The highest BCUT2D eigenvalue weighted by molar-refractivity contribution is 8.00. The lowest BCUT2D eigenvalue weighted by atomic mass is 10.1. The minimum absolute atomic E-state index is 0.226. The largest absolute Gasteiger partial charge is 0.394 e. The molecule has 1 aliphatic rings. The molecule has 1 fully saturated rings. The summed E-state index contributed by atoms with van der Waals surface area (Å²) >= 11 is 1.38. The Bertz CT molecular complexity index is 150. The Morgan fingerprint density at radius 1 is 1.38 bits per heavy atom. The van der Waals surface area contributed by atoms with Gasteiger partial charge in [-0.05, 0) is 0 Å². The highest BCUT2D eigenvalue weighted by Crippen LogP contribution is 2.24. The lowest BCUT2D eigenvalue weighted by molar-refractivity contribution is -0.0786. The Balaban J connectivity index is 2.40. The molecule has 1 rings (SSSR count). The van der Waals surface area contributed by atoms with E-state index in [1.807, 2.05) is 0 Å². The first-order valence-electron chi connectivity index (χ1n) is 4.01. The quantitative estimate of drug-likeness (QED) is 0.435. The molecule has 0 amide bonds. The maximum absolute atomic E-state index is 9.50. The smallest absolute Gasteiger partial charge is 0.109 e. The number of aliphatic hydroxyl groups is 4. The predicted octanol–water partition coefficient (Wildman–Crippen LogP) is -1.85. The van der Waals surface area contributed by atoms with Crippen LogP contribution in [0.5, 0.6) is 0 Å². The molecule has 0 spiro atoms. The summed E-state index contributed by atoms with van der Waals surface area (Å²) in [6.45, 7) is -0.197. The van der Waals surface area contributed by atoms with Crippen LogP contribution in [-0.2, 0) is 4.74 Å². The van der Waals surface area contributed by atoms with Gasteiger partial charge in [0.2, 0.25) is 0 Å².